The normalized spacial score (nSPS) is 15.5. The highest BCUT2D eigenvalue weighted by atomic mass is 16.1. The molecule has 0 aliphatic carbocycles. The summed E-state index contributed by atoms with van der Waals surface area (Å²) < 4.78 is 1.91. The van der Waals surface area contributed by atoms with Crippen molar-refractivity contribution in [2.24, 2.45) is 0 Å². The van der Waals surface area contributed by atoms with Crippen molar-refractivity contribution in [3.8, 4) is 11.3 Å². The molecule has 1 fully saturated rings. The first-order valence-corrected chi connectivity index (χ1v) is 10.4. The van der Waals surface area contributed by atoms with Gasteiger partial charge in [0.05, 0.1) is 6.54 Å². The summed E-state index contributed by atoms with van der Waals surface area (Å²) in [5.41, 5.74) is 3.83. The van der Waals surface area contributed by atoms with Crippen molar-refractivity contribution in [1.82, 2.24) is 25.0 Å². The summed E-state index contributed by atoms with van der Waals surface area (Å²) in [6.45, 7) is 2.71. The average Bonchev–Trinajstić information content (AvgIpc) is 3.18. The van der Waals surface area contributed by atoms with Gasteiger partial charge in [-0.15, -0.1) is 0 Å². The fourth-order valence-corrected chi connectivity index (χ4v) is 3.71. The van der Waals surface area contributed by atoms with Crippen LogP contribution in [0.1, 0.15) is 24.0 Å². The molecule has 0 saturated carbocycles. The van der Waals surface area contributed by atoms with Crippen LogP contribution in [0, 0.1) is 0 Å². The summed E-state index contributed by atoms with van der Waals surface area (Å²) >= 11 is 0. The molecule has 3 aromatic rings. The van der Waals surface area contributed by atoms with Crippen molar-refractivity contribution in [3.63, 3.8) is 0 Å². The maximum atomic E-state index is 12.5. The van der Waals surface area contributed by atoms with E-state index in [9.17, 15) is 4.79 Å². The van der Waals surface area contributed by atoms with E-state index in [2.05, 4.69) is 34.4 Å². The van der Waals surface area contributed by atoms with E-state index in [1.54, 1.807) is 18.5 Å². The minimum absolute atomic E-state index is 0.0579. The fourth-order valence-electron chi connectivity index (χ4n) is 3.71. The second-order valence-electron chi connectivity index (χ2n) is 7.78. The van der Waals surface area contributed by atoms with Crippen LogP contribution in [0.2, 0.25) is 0 Å². The number of rotatable bonds is 6. The van der Waals surface area contributed by atoms with E-state index in [0.29, 0.717) is 6.54 Å². The minimum atomic E-state index is -0.0579. The van der Waals surface area contributed by atoms with Gasteiger partial charge in [-0.25, -0.2) is 0 Å². The number of benzene rings is 1. The lowest BCUT2D eigenvalue weighted by atomic mass is 10.1. The standard InChI is InChI=1S/C24H27N5O/c1-28-14-11-22(12-15-28)26-23(30)10-9-21-18-29(17-19-6-3-2-4-7-19)27-24(21)20-8-5-13-25-16-20/h2-10,13,16,18,22H,11-12,14-15,17H2,1H3,(H,26,30). The molecule has 1 amide bonds. The molecule has 1 aliphatic rings. The number of amides is 1. The topological polar surface area (TPSA) is 63.1 Å². The number of nitrogens with one attached hydrogen (secondary N) is 1. The van der Waals surface area contributed by atoms with E-state index < -0.39 is 0 Å². The van der Waals surface area contributed by atoms with Crippen molar-refractivity contribution < 1.29 is 4.79 Å². The van der Waals surface area contributed by atoms with Crippen LogP contribution in [0.25, 0.3) is 17.3 Å². The van der Waals surface area contributed by atoms with Crippen molar-refractivity contribution in [2.45, 2.75) is 25.4 Å². The molecule has 1 N–H and O–H groups in total. The molecular formula is C24H27N5O. The summed E-state index contributed by atoms with van der Waals surface area (Å²) in [6, 6.07) is 14.3. The minimum Gasteiger partial charge on any atom is -0.350 e. The van der Waals surface area contributed by atoms with Gasteiger partial charge in [0.25, 0.3) is 0 Å². The second kappa shape index (κ2) is 9.50. The highest BCUT2D eigenvalue weighted by molar-refractivity contribution is 5.93. The zero-order chi connectivity index (χ0) is 20.8. The smallest absolute Gasteiger partial charge is 0.244 e. The average molecular weight is 402 g/mol. The zero-order valence-electron chi connectivity index (χ0n) is 17.2. The van der Waals surface area contributed by atoms with E-state index in [1.165, 1.54) is 5.56 Å². The summed E-state index contributed by atoms with van der Waals surface area (Å²) in [4.78, 5) is 19.0. The molecule has 6 heteroatoms. The summed E-state index contributed by atoms with van der Waals surface area (Å²) in [5.74, 6) is -0.0579. The van der Waals surface area contributed by atoms with Gasteiger partial charge in [-0.05, 0) is 56.8 Å². The third-order valence-corrected chi connectivity index (χ3v) is 5.39. The Balaban J connectivity index is 1.51. The number of likely N-dealkylation sites (tertiary alicyclic amines) is 1. The van der Waals surface area contributed by atoms with Crippen LogP contribution in [0.15, 0.2) is 67.1 Å². The predicted octanol–water partition coefficient (Wildman–Crippen LogP) is 3.22. The Morgan fingerprint density at radius 2 is 1.97 bits per heavy atom. The van der Waals surface area contributed by atoms with E-state index >= 15 is 0 Å². The Labute approximate surface area is 177 Å². The molecule has 1 aromatic carbocycles. The second-order valence-corrected chi connectivity index (χ2v) is 7.78. The Morgan fingerprint density at radius 1 is 1.17 bits per heavy atom. The monoisotopic (exact) mass is 401 g/mol. The lowest BCUT2D eigenvalue weighted by Gasteiger charge is -2.29. The Hall–Kier alpha value is -3.25. The molecule has 2 aromatic heterocycles. The molecule has 1 aliphatic heterocycles. The van der Waals surface area contributed by atoms with Gasteiger partial charge in [0.1, 0.15) is 5.69 Å². The molecular weight excluding hydrogens is 374 g/mol. The molecule has 1 saturated heterocycles. The van der Waals surface area contributed by atoms with Crippen molar-refractivity contribution in [2.75, 3.05) is 20.1 Å². The molecule has 154 valence electrons. The van der Waals surface area contributed by atoms with E-state index in [-0.39, 0.29) is 11.9 Å². The third kappa shape index (κ3) is 5.21. The quantitative estimate of drug-likeness (QED) is 0.644. The lowest BCUT2D eigenvalue weighted by molar-refractivity contribution is -0.117. The predicted molar refractivity (Wildman–Crippen MR) is 119 cm³/mol. The first kappa shape index (κ1) is 20.0. The van der Waals surface area contributed by atoms with Crippen LogP contribution >= 0.6 is 0 Å². The number of carbonyl (C=O) groups is 1. The van der Waals surface area contributed by atoms with Gasteiger partial charge in [-0.2, -0.15) is 5.10 Å². The van der Waals surface area contributed by atoms with Crippen LogP contribution in [0.5, 0.6) is 0 Å². The molecule has 0 spiro atoms. The number of pyridine rings is 1. The molecule has 0 bridgehead atoms. The Kier molecular flexibility index (Phi) is 6.35. The maximum absolute atomic E-state index is 12.5. The summed E-state index contributed by atoms with van der Waals surface area (Å²) in [6.07, 6.45) is 11.0. The van der Waals surface area contributed by atoms with E-state index in [0.717, 1.165) is 42.8 Å². The van der Waals surface area contributed by atoms with Gasteiger partial charge in [-0.1, -0.05) is 30.3 Å². The van der Waals surface area contributed by atoms with Crippen LogP contribution in [-0.4, -0.2) is 51.8 Å². The fraction of sp³-hybridized carbons (Fsp3) is 0.292. The summed E-state index contributed by atoms with van der Waals surface area (Å²) in [7, 11) is 2.12. The van der Waals surface area contributed by atoms with Crippen LogP contribution in [0.3, 0.4) is 0 Å². The molecule has 0 radical (unpaired) electrons. The first-order valence-electron chi connectivity index (χ1n) is 10.4. The van der Waals surface area contributed by atoms with Crippen LogP contribution in [0.4, 0.5) is 0 Å². The van der Waals surface area contributed by atoms with Crippen molar-refractivity contribution in [1.29, 1.82) is 0 Å². The van der Waals surface area contributed by atoms with Gasteiger partial charge in [0, 0.05) is 41.8 Å². The van der Waals surface area contributed by atoms with Crippen molar-refractivity contribution >= 4 is 12.0 Å². The van der Waals surface area contributed by atoms with Crippen LogP contribution in [-0.2, 0) is 11.3 Å². The zero-order valence-corrected chi connectivity index (χ0v) is 17.2. The number of piperidine rings is 1. The number of nitrogens with zero attached hydrogens (tertiary/aromatic N) is 4. The highest BCUT2D eigenvalue weighted by Crippen LogP contribution is 2.23. The highest BCUT2D eigenvalue weighted by Gasteiger charge is 2.17. The summed E-state index contributed by atoms with van der Waals surface area (Å²) in [5, 5.41) is 7.89. The third-order valence-electron chi connectivity index (χ3n) is 5.39. The van der Waals surface area contributed by atoms with Crippen molar-refractivity contribution in [3.05, 3.63) is 78.3 Å². The van der Waals surface area contributed by atoms with Gasteiger partial charge in [0.15, 0.2) is 0 Å². The number of hydrogen-bond donors (Lipinski definition) is 1. The molecule has 0 unspecified atom stereocenters. The largest absolute Gasteiger partial charge is 0.350 e. The van der Waals surface area contributed by atoms with Gasteiger partial charge >= 0.3 is 0 Å². The Bertz CT molecular complexity index is 989. The SMILES string of the molecule is CN1CCC(NC(=O)C=Cc2cn(Cc3ccccc3)nc2-c2cccnc2)CC1. The molecule has 6 nitrogen and oxygen atoms in total. The number of hydrogen-bond acceptors (Lipinski definition) is 4. The Morgan fingerprint density at radius 3 is 2.70 bits per heavy atom. The van der Waals surface area contributed by atoms with E-state index in [4.69, 9.17) is 5.10 Å². The van der Waals surface area contributed by atoms with Crippen LogP contribution < -0.4 is 5.32 Å². The first-order chi connectivity index (χ1) is 14.7. The number of aromatic nitrogens is 3. The lowest BCUT2D eigenvalue weighted by Crippen LogP contribution is -2.42. The van der Waals surface area contributed by atoms with Gasteiger partial charge < -0.3 is 10.2 Å². The number of carbonyl (C=O) groups excluding carboxylic acids is 1. The molecule has 4 rings (SSSR count). The molecule has 3 heterocycles. The molecule has 30 heavy (non-hydrogen) atoms. The van der Waals surface area contributed by atoms with Gasteiger partial charge in [0.2, 0.25) is 5.91 Å². The molecule has 0 atom stereocenters. The van der Waals surface area contributed by atoms with Gasteiger partial charge in [-0.3, -0.25) is 14.5 Å². The maximum Gasteiger partial charge on any atom is 0.244 e. The van der Waals surface area contributed by atoms with E-state index in [1.807, 2.05) is 47.3 Å².